The summed E-state index contributed by atoms with van der Waals surface area (Å²) >= 11 is 0. The standard InChI is InChI=1S/C13H16N4/c14-8-10-17(13-7-4-9-15-16-13)11-12-5-2-1-3-6-12/h1-7,9H,8,10-11,14H2. The van der Waals surface area contributed by atoms with Gasteiger partial charge in [-0.3, -0.25) is 0 Å². The van der Waals surface area contributed by atoms with E-state index in [1.165, 1.54) is 5.56 Å². The lowest BCUT2D eigenvalue weighted by Crippen LogP contribution is -2.29. The smallest absolute Gasteiger partial charge is 0.151 e. The van der Waals surface area contributed by atoms with Crippen LogP contribution in [0.4, 0.5) is 5.82 Å². The van der Waals surface area contributed by atoms with Gasteiger partial charge in [-0.1, -0.05) is 30.3 Å². The molecule has 0 amide bonds. The molecule has 0 bridgehead atoms. The van der Waals surface area contributed by atoms with E-state index in [2.05, 4.69) is 27.2 Å². The second-order valence-corrected chi connectivity index (χ2v) is 3.78. The summed E-state index contributed by atoms with van der Waals surface area (Å²) in [5.74, 6) is 0.863. The highest BCUT2D eigenvalue weighted by Crippen LogP contribution is 2.12. The van der Waals surface area contributed by atoms with E-state index < -0.39 is 0 Å². The molecular weight excluding hydrogens is 212 g/mol. The third-order valence-electron chi connectivity index (χ3n) is 2.50. The van der Waals surface area contributed by atoms with E-state index in [0.29, 0.717) is 6.54 Å². The van der Waals surface area contributed by atoms with Gasteiger partial charge in [-0.2, -0.15) is 5.10 Å². The average Bonchev–Trinajstić information content (AvgIpc) is 2.40. The average molecular weight is 228 g/mol. The maximum absolute atomic E-state index is 5.63. The van der Waals surface area contributed by atoms with E-state index in [0.717, 1.165) is 18.9 Å². The van der Waals surface area contributed by atoms with Gasteiger partial charge in [-0.15, -0.1) is 5.10 Å². The Kier molecular flexibility index (Phi) is 4.05. The Morgan fingerprint density at radius 3 is 2.53 bits per heavy atom. The number of nitrogens with two attached hydrogens (primary N) is 1. The fourth-order valence-corrected chi connectivity index (χ4v) is 1.70. The summed E-state index contributed by atoms with van der Waals surface area (Å²) in [5.41, 5.74) is 6.87. The monoisotopic (exact) mass is 228 g/mol. The zero-order valence-electron chi connectivity index (χ0n) is 9.66. The molecule has 1 aromatic carbocycles. The molecule has 17 heavy (non-hydrogen) atoms. The largest absolute Gasteiger partial charge is 0.350 e. The van der Waals surface area contributed by atoms with Crippen LogP contribution in [0.1, 0.15) is 5.56 Å². The van der Waals surface area contributed by atoms with Crippen molar-refractivity contribution in [3.05, 3.63) is 54.2 Å². The van der Waals surface area contributed by atoms with Crippen molar-refractivity contribution in [2.75, 3.05) is 18.0 Å². The lowest BCUT2D eigenvalue weighted by Gasteiger charge is -2.22. The Morgan fingerprint density at radius 1 is 1.06 bits per heavy atom. The first-order chi connectivity index (χ1) is 8.40. The quantitative estimate of drug-likeness (QED) is 0.841. The third-order valence-corrected chi connectivity index (χ3v) is 2.50. The van der Waals surface area contributed by atoms with E-state index in [1.54, 1.807) is 6.20 Å². The number of benzene rings is 1. The van der Waals surface area contributed by atoms with Gasteiger partial charge in [0.2, 0.25) is 0 Å². The van der Waals surface area contributed by atoms with Crippen LogP contribution in [0, 0.1) is 0 Å². The lowest BCUT2D eigenvalue weighted by atomic mass is 10.2. The van der Waals surface area contributed by atoms with Gasteiger partial charge < -0.3 is 10.6 Å². The molecule has 1 heterocycles. The van der Waals surface area contributed by atoms with Crippen molar-refractivity contribution in [3.8, 4) is 0 Å². The van der Waals surface area contributed by atoms with Crippen LogP contribution in [0.15, 0.2) is 48.7 Å². The number of hydrogen-bond acceptors (Lipinski definition) is 4. The second kappa shape index (κ2) is 5.96. The molecule has 2 N–H and O–H groups in total. The molecule has 0 saturated carbocycles. The van der Waals surface area contributed by atoms with Gasteiger partial charge >= 0.3 is 0 Å². The number of anilines is 1. The molecule has 4 nitrogen and oxygen atoms in total. The van der Waals surface area contributed by atoms with E-state index in [4.69, 9.17) is 5.73 Å². The summed E-state index contributed by atoms with van der Waals surface area (Å²) in [7, 11) is 0. The van der Waals surface area contributed by atoms with E-state index in [9.17, 15) is 0 Å². The fraction of sp³-hybridized carbons (Fsp3) is 0.231. The predicted molar refractivity (Wildman–Crippen MR) is 68.6 cm³/mol. The molecule has 0 aliphatic rings. The molecule has 2 rings (SSSR count). The summed E-state index contributed by atoms with van der Waals surface area (Å²) in [4.78, 5) is 2.13. The van der Waals surface area contributed by atoms with Crippen molar-refractivity contribution < 1.29 is 0 Å². The van der Waals surface area contributed by atoms with Crippen LogP contribution in [0.2, 0.25) is 0 Å². The Hall–Kier alpha value is -1.94. The minimum atomic E-state index is 0.601. The second-order valence-electron chi connectivity index (χ2n) is 3.78. The fourth-order valence-electron chi connectivity index (χ4n) is 1.70. The number of hydrogen-bond donors (Lipinski definition) is 1. The van der Waals surface area contributed by atoms with Gasteiger partial charge in [-0.25, -0.2) is 0 Å². The Morgan fingerprint density at radius 2 is 1.88 bits per heavy atom. The molecule has 0 aliphatic heterocycles. The molecule has 1 aromatic heterocycles. The molecule has 0 aliphatic carbocycles. The van der Waals surface area contributed by atoms with Gasteiger partial charge in [0.05, 0.1) is 0 Å². The van der Waals surface area contributed by atoms with Gasteiger partial charge in [0.1, 0.15) is 0 Å². The first-order valence-electron chi connectivity index (χ1n) is 5.67. The summed E-state index contributed by atoms with van der Waals surface area (Å²) < 4.78 is 0. The molecule has 4 heteroatoms. The van der Waals surface area contributed by atoms with Crippen LogP contribution in [0.5, 0.6) is 0 Å². The van der Waals surface area contributed by atoms with Crippen molar-refractivity contribution >= 4 is 5.82 Å². The van der Waals surface area contributed by atoms with Crippen LogP contribution in [0.3, 0.4) is 0 Å². The number of nitrogens with zero attached hydrogens (tertiary/aromatic N) is 3. The van der Waals surface area contributed by atoms with E-state index in [-0.39, 0.29) is 0 Å². The summed E-state index contributed by atoms with van der Waals surface area (Å²) in [6, 6.07) is 14.1. The summed E-state index contributed by atoms with van der Waals surface area (Å²) in [5, 5.41) is 8.01. The molecular formula is C13H16N4. The van der Waals surface area contributed by atoms with Crippen LogP contribution in [-0.4, -0.2) is 23.3 Å². The molecule has 0 fully saturated rings. The first-order valence-corrected chi connectivity index (χ1v) is 5.67. The van der Waals surface area contributed by atoms with Crippen LogP contribution >= 0.6 is 0 Å². The Labute approximate surface area is 101 Å². The van der Waals surface area contributed by atoms with Crippen molar-refractivity contribution in [2.45, 2.75) is 6.54 Å². The topological polar surface area (TPSA) is 55.0 Å². The Balaban J connectivity index is 2.13. The maximum Gasteiger partial charge on any atom is 0.151 e. The van der Waals surface area contributed by atoms with E-state index in [1.807, 2.05) is 30.3 Å². The molecule has 88 valence electrons. The molecule has 0 saturated heterocycles. The van der Waals surface area contributed by atoms with Crippen molar-refractivity contribution in [3.63, 3.8) is 0 Å². The number of rotatable bonds is 5. The Bertz CT molecular complexity index is 430. The van der Waals surface area contributed by atoms with E-state index >= 15 is 0 Å². The molecule has 0 spiro atoms. The van der Waals surface area contributed by atoms with Gasteiger partial charge in [0, 0.05) is 25.8 Å². The normalized spacial score (nSPS) is 10.2. The molecule has 0 atom stereocenters. The van der Waals surface area contributed by atoms with Crippen LogP contribution in [0.25, 0.3) is 0 Å². The van der Waals surface area contributed by atoms with Crippen LogP contribution < -0.4 is 10.6 Å². The van der Waals surface area contributed by atoms with Crippen molar-refractivity contribution in [2.24, 2.45) is 5.73 Å². The highest BCUT2D eigenvalue weighted by atomic mass is 15.3. The lowest BCUT2D eigenvalue weighted by molar-refractivity contribution is 0.763. The minimum absolute atomic E-state index is 0.601. The number of aromatic nitrogens is 2. The van der Waals surface area contributed by atoms with Crippen LogP contribution in [-0.2, 0) is 6.54 Å². The summed E-state index contributed by atoms with van der Waals surface area (Å²) in [6.07, 6.45) is 1.67. The van der Waals surface area contributed by atoms with Gasteiger partial charge in [-0.05, 0) is 17.7 Å². The third kappa shape index (κ3) is 3.26. The highest BCUT2D eigenvalue weighted by Gasteiger charge is 2.07. The van der Waals surface area contributed by atoms with Crippen molar-refractivity contribution in [1.29, 1.82) is 0 Å². The highest BCUT2D eigenvalue weighted by molar-refractivity contribution is 5.37. The minimum Gasteiger partial charge on any atom is -0.350 e. The van der Waals surface area contributed by atoms with Gasteiger partial charge in [0.25, 0.3) is 0 Å². The molecule has 2 aromatic rings. The first kappa shape index (κ1) is 11.5. The zero-order chi connectivity index (χ0) is 11.9. The SMILES string of the molecule is NCCN(Cc1ccccc1)c1cccnn1. The van der Waals surface area contributed by atoms with Gasteiger partial charge in [0.15, 0.2) is 5.82 Å². The molecule has 0 radical (unpaired) electrons. The maximum atomic E-state index is 5.63. The predicted octanol–water partition coefficient (Wildman–Crippen LogP) is 1.44. The molecule has 0 unspecified atom stereocenters. The summed E-state index contributed by atoms with van der Waals surface area (Å²) in [6.45, 7) is 2.17. The zero-order valence-corrected chi connectivity index (χ0v) is 9.66. The van der Waals surface area contributed by atoms with Crippen molar-refractivity contribution in [1.82, 2.24) is 10.2 Å².